The third-order valence-electron chi connectivity index (χ3n) is 3.17. The predicted molar refractivity (Wildman–Crippen MR) is 54.8 cm³/mol. The summed E-state index contributed by atoms with van der Waals surface area (Å²) in [5.74, 6) is 0. The molecule has 1 N–H and O–H groups in total. The van der Waals surface area contributed by atoms with E-state index in [9.17, 15) is 13.2 Å². The molecule has 15 heavy (non-hydrogen) atoms. The first kappa shape index (κ1) is 12.8. The number of hydrogen-bond donors (Lipinski definition) is 1. The predicted octanol–water partition coefficient (Wildman–Crippen LogP) is 3.64. The lowest BCUT2D eigenvalue weighted by atomic mass is 10.1. The Labute approximate surface area is 89.4 Å². The van der Waals surface area contributed by atoms with Crippen molar-refractivity contribution in [1.82, 2.24) is 5.32 Å². The Bertz CT molecular complexity index is 196. The molecule has 0 bridgehead atoms. The Kier molecular flexibility index (Phi) is 4.04. The van der Waals surface area contributed by atoms with Crippen molar-refractivity contribution < 1.29 is 13.2 Å². The largest absolute Gasteiger partial charge is 0.406 e. The van der Waals surface area contributed by atoms with Crippen LogP contribution in [0.1, 0.15) is 52.4 Å². The van der Waals surface area contributed by atoms with Crippen molar-refractivity contribution in [3.05, 3.63) is 0 Å². The minimum Gasteiger partial charge on any atom is -0.301 e. The van der Waals surface area contributed by atoms with Crippen LogP contribution in [0.25, 0.3) is 0 Å². The molecule has 1 aliphatic rings. The van der Waals surface area contributed by atoms with Gasteiger partial charge in [-0.1, -0.05) is 26.7 Å². The Morgan fingerprint density at radius 2 is 1.87 bits per heavy atom. The van der Waals surface area contributed by atoms with Crippen LogP contribution in [0.5, 0.6) is 0 Å². The molecule has 1 fully saturated rings. The highest BCUT2D eigenvalue weighted by Crippen LogP contribution is 2.49. The second-order valence-electron chi connectivity index (χ2n) is 4.47. The summed E-state index contributed by atoms with van der Waals surface area (Å²) in [6, 6.07) is 0.0223. The molecule has 1 unspecified atom stereocenters. The van der Waals surface area contributed by atoms with Gasteiger partial charge in [-0.05, 0) is 25.7 Å². The Morgan fingerprint density at radius 1 is 1.27 bits per heavy atom. The molecule has 1 rings (SSSR count). The van der Waals surface area contributed by atoms with Crippen molar-refractivity contribution in [2.45, 2.75) is 70.1 Å². The third-order valence-corrected chi connectivity index (χ3v) is 3.17. The van der Waals surface area contributed by atoms with E-state index in [-0.39, 0.29) is 18.9 Å². The molecule has 1 saturated carbocycles. The smallest absolute Gasteiger partial charge is 0.301 e. The summed E-state index contributed by atoms with van der Waals surface area (Å²) >= 11 is 0. The van der Waals surface area contributed by atoms with Gasteiger partial charge in [0.05, 0.1) is 0 Å². The molecule has 0 heterocycles. The van der Waals surface area contributed by atoms with Gasteiger partial charge in [0.25, 0.3) is 0 Å². The van der Waals surface area contributed by atoms with Crippen molar-refractivity contribution in [3.63, 3.8) is 0 Å². The second-order valence-corrected chi connectivity index (χ2v) is 4.47. The molecule has 90 valence electrons. The molecule has 0 radical (unpaired) electrons. The number of alkyl halides is 3. The van der Waals surface area contributed by atoms with E-state index in [2.05, 4.69) is 12.2 Å². The SMILES string of the molecule is CCCCC(CC)NC1(C(F)(F)F)CC1. The zero-order valence-electron chi connectivity index (χ0n) is 9.45. The van der Waals surface area contributed by atoms with Crippen LogP contribution in [0.15, 0.2) is 0 Å². The van der Waals surface area contributed by atoms with Gasteiger partial charge >= 0.3 is 6.18 Å². The van der Waals surface area contributed by atoms with Gasteiger partial charge in [0, 0.05) is 6.04 Å². The summed E-state index contributed by atoms with van der Waals surface area (Å²) in [6.45, 7) is 4.00. The van der Waals surface area contributed by atoms with Crippen molar-refractivity contribution in [1.29, 1.82) is 0 Å². The molecule has 0 aromatic carbocycles. The van der Waals surface area contributed by atoms with Crippen LogP contribution < -0.4 is 5.32 Å². The molecule has 0 amide bonds. The van der Waals surface area contributed by atoms with E-state index >= 15 is 0 Å². The molecular weight excluding hydrogens is 203 g/mol. The van der Waals surface area contributed by atoms with Crippen molar-refractivity contribution in [2.75, 3.05) is 0 Å². The summed E-state index contributed by atoms with van der Waals surface area (Å²) in [6.07, 6.45) is 0.0875. The number of halogens is 3. The molecule has 0 aromatic rings. The van der Waals surface area contributed by atoms with Gasteiger partial charge in [0.1, 0.15) is 5.54 Å². The van der Waals surface area contributed by atoms with Crippen LogP contribution in [0.4, 0.5) is 13.2 Å². The zero-order chi connectivity index (χ0) is 11.5. The Balaban J connectivity index is 2.44. The number of nitrogens with one attached hydrogen (secondary N) is 1. The first-order chi connectivity index (χ1) is 6.95. The zero-order valence-corrected chi connectivity index (χ0v) is 9.45. The summed E-state index contributed by atoms with van der Waals surface area (Å²) in [7, 11) is 0. The maximum absolute atomic E-state index is 12.7. The van der Waals surface area contributed by atoms with Crippen molar-refractivity contribution >= 4 is 0 Å². The summed E-state index contributed by atoms with van der Waals surface area (Å²) in [5, 5.41) is 2.80. The van der Waals surface area contributed by atoms with Crippen molar-refractivity contribution in [2.24, 2.45) is 0 Å². The van der Waals surface area contributed by atoms with Crippen molar-refractivity contribution in [3.8, 4) is 0 Å². The van der Waals surface area contributed by atoms with Gasteiger partial charge < -0.3 is 5.32 Å². The number of unbranched alkanes of at least 4 members (excludes halogenated alkanes) is 1. The van der Waals surface area contributed by atoms with Crippen LogP contribution in [0.2, 0.25) is 0 Å². The maximum Gasteiger partial charge on any atom is 0.406 e. The Hall–Kier alpha value is -0.250. The van der Waals surface area contributed by atoms with E-state index in [1.807, 2.05) is 6.92 Å². The summed E-state index contributed by atoms with van der Waals surface area (Å²) in [5.41, 5.74) is -1.54. The second kappa shape index (κ2) is 4.73. The molecule has 4 heteroatoms. The molecular formula is C11H20F3N. The molecule has 0 spiro atoms. The van der Waals surface area contributed by atoms with Gasteiger partial charge in [0.15, 0.2) is 0 Å². The van der Waals surface area contributed by atoms with Gasteiger partial charge in [-0.2, -0.15) is 13.2 Å². The van der Waals surface area contributed by atoms with E-state index in [0.717, 1.165) is 25.7 Å². The van der Waals surface area contributed by atoms with Gasteiger partial charge in [-0.25, -0.2) is 0 Å². The van der Waals surface area contributed by atoms with E-state index in [0.29, 0.717) is 0 Å². The normalized spacial score (nSPS) is 21.4. The standard InChI is InChI=1S/C11H20F3N/c1-3-5-6-9(4-2)15-10(7-8-10)11(12,13)14/h9,15H,3-8H2,1-2H3. The minimum absolute atomic E-state index is 0.0223. The molecule has 0 aromatic heterocycles. The number of rotatable bonds is 6. The maximum atomic E-state index is 12.7. The van der Waals surface area contributed by atoms with Crippen LogP contribution in [-0.2, 0) is 0 Å². The fourth-order valence-corrected chi connectivity index (χ4v) is 1.85. The fourth-order valence-electron chi connectivity index (χ4n) is 1.85. The minimum atomic E-state index is -4.08. The molecule has 0 aliphatic heterocycles. The van der Waals surface area contributed by atoms with Gasteiger partial charge in [-0.3, -0.25) is 0 Å². The number of hydrogen-bond acceptors (Lipinski definition) is 1. The van der Waals surface area contributed by atoms with Crippen LogP contribution in [-0.4, -0.2) is 17.8 Å². The van der Waals surface area contributed by atoms with Crippen LogP contribution in [0.3, 0.4) is 0 Å². The van der Waals surface area contributed by atoms with E-state index < -0.39 is 11.7 Å². The first-order valence-electron chi connectivity index (χ1n) is 5.79. The fraction of sp³-hybridized carbons (Fsp3) is 1.00. The lowest BCUT2D eigenvalue weighted by Gasteiger charge is -2.26. The molecule has 0 saturated heterocycles. The highest BCUT2D eigenvalue weighted by Gasteiger charge is 2.63. The topological polar surface area (TPSA) is 12.0 Å². The average molecular weight is 223 g/mol. The molecule has 1 nitrogen and oxygen atoms in total. The van der Waals surface area contributed by atoms with Crippen LogP contribution >= 0.6 is 0 Å². The molecule has 1 aliphatic carbocycles. The third kappa shape index (κ3) is 3.10. The Morgan fingerprint density at radius 3 is 2.20 bits per heavy atom. The van der Waals surface area contributed by atoms with E-state index in [1.54, 1.807) is 0 Å². The quantitative estimate of drug-likeness (QED) is 0.725. The highest BCUT2D eigenvalue weighted by atomic mass is 19.4. The van der Waals surface area contributed by atoms with Gasteiger partial charge in [0.2, 0.25) is 0 Å². The highest BCUT2D eigenvalue weighted by molar-refractivity contribution is 5.08. The summed E-state index contributed by atoms with van der Waals surface area (Å²) in [4.78, 5) is 0. The van der Waals surface area contributed by atoms with E-state index in [1.165, 1.54) is 0 Å². The lowest BCUT2D eigenvalue weighted by molar-refractivity contribution is -0.168. The lowest BCUT2D eigenvalue weighted by Crippen LogP contribution is -2.49. The summed E-state index contributed by atoms with van der Waals surface area (Å²) < 4.78 is 38.0. The molecule has 1 atom stereocenters. The van der Waals surface area contributed by atoms with Gasteiger partial charge in [-0.15, -0.1) is 0 Å². The average Bonchev–Trinajstić information content (AvgIpc) is 2.92. The van der Waals surface area contributed by atoms with E-state index in [4.69, 9.17) is 0 Å². The van der Waals surface area contributed by atoms with Crippen LogP contribution in [0, 0.1) is 0 Å². The monoisotopic (exact) mass is 223 g/mol. The first-order valence-corrected chi connectivity index (χ1v) is 5.79.